The van der Waals surface area contributed by atoms with Crippen LogP contribution >= 0.6 is 0 Å². The molecule has 1 amide bonds. The third kappa shape index (κ3) is 4.18. The number of carboxylic acid groups (broad SMARTS) is 1. The van der Waals surface area contributed by atoms with Crippen molar-refractivity contribution in [3.05, 3.63) is 0 Å². The van der Waals surface area contributed by atoms with Crippen LogP contribution in [0.2, 0.25) is 0 Å². The third-order valence-corrected chi connectivity index (χ3v) is 2.80. The van der Waals surface area contributed by atoms with E-state index in [1.807, 2.05) is 6.92 Å². The molecule has 0 spiro atoms. The van der Waals surface area contributed by atoms with Crippen molar-refractivity contribution >= 4 is 11.9 Å². The molecule has 1 atom stereocenters. The number of carboxylic acids is 1. The molecule has 1 saturated carbocycles. The van der Waals surface area contributed by atoms with Crippen LogP contribution < -0.4 is 5.73 Å². The summed E-state index contributed by atoms with van der Waals surface area (Å²) in [6.07, 6.45) is 2.45. The highest BCUT2D eigenvalue weighted by Gasteiger charge is 2.32. The Balaban J connectivity index is 2.42. The van der Waals surface area contributed by atoms with E-state index in [-0.39, 0.29) is 24.3 Å². The van der Waals surface area contributed by atoms with Gasteiger partial charge in [-0.05, 0) is 25.3 Å². The lowest BCUT2D eigenvalue weighted by molar-refractivity contribution is -0.138. The second-order valence-electron chi connectivity index (χ2n) is 4.51. The van der Waals surface area contributed by atoms with Crippen LogP contribution in [0.25, 0.3) is 0 Å². The molecule has 92 valence electrons. The molecule has 16 heavy (non-hydrogen) atoms. The first-order valence-electron chi connectivity index (χ1n) is 5.76. The minimum atomic E-state index is -0.856. The van der Waals surface area contributed by atoms with Gasteiger partial charge in [-0.25, -0.2) is 0 Å². The van der Waals surface area contributed by atoms with Crippen LogP contribution in [0.1, 0.15) is 32.6 Å². The fourth-order valence-electron chi connectivity index (χ4n) is 1.61. The zero-order valence-corrected chi connectivity index (χ0v) is 9.69. The van der Waals surface area contributed by atoms with Crippen LogP contribution in [0, 0.1) is 5.92 Å². The summed E-state index contributed by atoms with van der Waals surface area (Å²) in [5.74, 6) is -0.648. The highest BCUT2D eigenvalue weighted by molar-refractivity contribution is 5.78. The Bertz CT molecular complexity index is 264. The standard InChI is InChI=1S/C11H20N2O3/c1-8(7-12)6-10(14)13(9-2-3-9)5-4-11(15)16/h8-9H,2-7,12H2,1H3,(H,15,16). The molecule has 5 heteroatoms. The Morgan fingerprint density at radius 3 is 2.56 bits per heavy atom. The predicted molar refractivity (Wildman–Crippen MR) is 59.8 cm³/mol. The van der Waals surface area contributed by atoms with Gasteiger partial charge < -0.3 is 15.7 Å². The molecule has 0 bridgehead atoms. The molecule has 0 aliphatic heterocycles. The van der Waals surface area contributed by atoms with Crippen LogP contribution in [-0.4, -0.2) is 41.0 Å². The predicted octanol–water partition coefficient (Wildman–Crippen LogP) is 0.437. The maximum atomic E-state index is 11.9. The zero-order valence-electron chi connectivity index (χ0n) is 9.69. The van der Waals surface area contributed by atoms with E-state index in [4.69, 9.17) is 10.8 Å². The number of hydrogen-bond acceptors (Lipinski definition) is 3. The summed E-state index contributed by atoms with van der Waals surface area (Å²) in [4.78, 5) is 24.1. The van der Waals surface area contributed by atoms with Gasteiger partial charge in [0.15, 0.2) is 0 Å². The molecule has 0 heterocycles. The van der Waals surface area contributed by atoms with Gasteiger partial charge in [0, 0.05) is 19.0 Å². The van der Waals surface area contributed by atoms with Crippen molar-refractivity contribution in [2.24, 2.45) is 11.7 Å². The second kappa shape index (κ2) is 5.84. The zero-order chi connectivity index (χ0) is 12.1. The number of rotatable bonds is 7. The molecule has 0 saturated heterocycles. The van der Waals surface area contributed by atoms with Gasteiger partial charge in [-0.3, -0.25) is 9.59 Å². The van der Waals surface area contributed by atoms with Crippen LogP contribution in [0.4, 0.5) is 0 Å². The smallest absolute Gasteiger partial charge is 0.305 e. The molecule has 0 aromatic heterocycles. The summed E-state index contributed by atoms with van der Waals surface area (Å²) in [6.45, 7) is 2.75. The lowest BCUT2D eigenvalue weighted by Gasteiger charge is -2.23. The Morgan fingerprint density at radius 1 is 1.50 bits per heavy atom. The first-order valence-corrected chi connectivity index (χ1v) is 5.76. The molecule has 0 aromatic rings. The summed E-state index contributed by atoms with van der Waals surface area (Å²) >= 11 is 0. The molecule has 1 aliphatic carbocycles. The van der Waals surface area contributed by atoms with E-state index < -0.39 is 5.97 Å². The maximum absolute atomic E-state index is 11.9. The molecule has 3 N–H and O–H groups in total. The summed E-state index contributed by atoms with van der Waals surface area (Å²) < 4.78 is 0. The van der Waals surface area contributed by atoms with E-state index in [1.54, 1.807) is 4.90 Å². The number of nitrogens with two attached hydrogens (primary N) is 1. The Morgan fingerprint density at radius 2 is 2.12 bits per heavy atom. The SMILES string of the molecule is CC(CN)CC(=O)N(CCC(=O)O)C1CC1. The monoisotopic (exact) mass is 228 g/mol. The van der Waals surface area contributed by atoms with Crippen molar-refractivity contribution in [3.8, 4) is 0 Å². The lowest BCUT2D eigenvalue weighted by Crippen LogP contribution is -2.36. The number of nitrogens with zero attached hydrogens (tertiary/aromatic N) is 1. The van der Waals surface area contributed by atoms with E-state index >= 15 is 0 Å². The Labute approximate surface area is 95.6 Å². The Hall–Kier alpha value is -1.10. The maximum Gasteiger partial charge on any atom is 0.305 e. The van der Waals surface area contributed by atoms with E-state index in [0.717, 1.165) is 12.8 Å². The molecular formula is C11H20N2O3. The minimum Gasteiger partial charge on any atom is -0.481 e. The summed E-state index contributed by atoms with van der Waals surface area (Å²) in [7, 11) is 0. The Kier molecular flexibility index (Phi) is 4.73. The molecule has 0 radical (unpaired) electrons. The normalized spacial score (nSPS) is 16.9. The molecule has 5 nitrogen and oxygen atoms in total. The quantitative estimate of drug-likeness (QED) is 0.662. The van der Waals surface area contributed by atoms with Crippen molar-refractivity contribution in [1.29, 1.82) is 0 Å². The average molecular weight is 228 g/mol. The average Bonchev–Trinajstić information content (AvgIpc) is 3.01. The highest BCUT2D eigenvalue weighted by Crippen LogP contribution is 2.28. The van der Waals surface area contributed by atoms with E-state index in [0.29, 0.717) is 19.5 Å². The largest absolute Gasteiger partial charge is 0.481 e. The first-order chi connectivity index (χ1) is 7.54. The molecular weight excluding hydrogens is 208 g/mol. The molecule has 1 rings (SSSR count). The second-order valence-corrected chi connectivity index (χ2v) is 4.51. The van der Waals surface area contributed by atoms with Crippen molar-refractivity contribution in [1.82, 2.24) is 4.90 Å². The van der Waals surface area contributed by atoms with E-state index in [2.05, 4.69) is 0 Å². The van der Waals surface area contributed by atoms with Gasteiger partial charge >= 0.3 is 5.97 Å². The summed E-state index contributed by atoms with van der Waals surface area (Å²) in [6, 6.07) is 0.275. The van der Waals surface area contributed by atoms with Gasteiger partial charge in [-0.15, -0.1) is 0 Å². The fraction of sp³-hybridized carbons (Fsp3) is 0.818. The molecule has 1 unspecified atom stereocenters. The van der Waals surface area contributed by atoms with Crippen molar-refractivity contribution in [2.45, 2.75) is 38.6 Å². The van der Waals surface area contributed by atoms with Crippen molar-refractivity contribution in [2.75, 3.05) is 13.1 Å². The van der Waals surface area contributed by atoms with Crippen LogP contribution in [0.3, 0.4) is 0 Å². The summed E-state index contributed by atoms with van der Waals surface area (Å²) in [5.41, 5.74) is 5.47. The first kappa shape index (κ1) is 13.0. The molecule has 0 aromatic carbocycles. The molecule has 1 aliphatic rings. The van der Waals surface area contributed by atoms with Gasteiger partial charge in [-0.1, -0.05) is 6.92 Å². The van der Waals surface area contributed by atoms with Crippen molar-refractivity contribution in [3.63, 3.8) is 0 Å². The number of amides is 1. The topological polar surface area (TPSA) is 83.6 Å². The third-order valence-electron chi connectivity index (χ3n) is 2.80. The number of carbonyl (C=O) groups is 2. The van der Waals surface area contributed by atoms with Gasteiger partial charge in [0.1, 0.15) is 0 Å². The van der Waals surface area contributed by atoms with Gasteiger partial charge in [0.05, 0.1) is 6.42 Å². The van der Waals surface area contributed by atoms with Crippen LogP contribution in [0.15, 0.2) is 0 Å². The van der Waals surface area contributed by atoms with E-state index in [9.17, 15) is 9.59 Å². The van der Waals surface area contributed by atoms with Gasteiger partial charge in [0.25, 0.3) is 0 Å². The number of hydrogen-bond donors (Lipinski definition) is 2. The lowest BCUT2D eigenvalue weighted by atomic mass is 10.1. The van der Waals surface area contributed by atoms with Crippen LogP contribution in [0.5, 0.6) is 0 Å². The number of carbonyl (C=O) groups excluding carboxylic acids is 1. The highest BCUT2D eigenvalue weighted by atomic mass is 16.4. The van der Waals surface area contributed by atoms with Gasteiger partial charge in [-0.2, -0.15) is 0 Å². The van der Waals surface area contributed by atoms with Crippen molar-refractivity contribution < 1.29 is 14.7 Å². The summed E-state index contributed by atoms with van der Waals surface area (Å²) in [5, 5.41) is 8.62. The number of aliphatic carboxylic acids is 1. The minimum absolute atomic E-state index is 0.0270. The van der Waals surface area contributed by atoms with Crippen LogP contribution in [-0.2, 0) is 9.59 Å². The fourth-order valence-corrected chi connectivity index (χ4v) is 1.61. The van der Waals surface area contributed by atoms with E-state index in [1.165, 1.54) is 0 Å². The molecule has 1 fully saturated rings. The van der Waals surface area contributed by atoms with Gasteiger partial charge in [0.2, 0.25) is 5.91 Å².